The van der Waals surface area contributed by atoms with Gasteiger partial charge in [-0.15, -0.1) is 0 Å². The van der Waals surface area contributed by atoms with Gasteiger partial charge in [-0.25, -0.2) is 4.98 Å². The maximum absolute atomic E-state index is 12.4. The number of hydrogen-bond acceptors (Lipinski definition) is 5. The summed E-state index contributed by atoms with van der Waals surface area (Å²) in [5.74, 6) is 1.35. The molecule has 0 atom stereocenters. The number of ether oxygens (including phenoxy) is 2. The standard InChI is InChI=1S/C21H23N3O3S/c1-14-5-6-15(2)19(9-14)24-8-7-22-21(24)28-13-20(25)23-16-10-17(26-3)12-18(11-16)27-4/h5-12H,13H2,1-4H3,(H,23,25). The van der Waals surface area contributed by atoms with Crippen molar-refractivity contribution in [2.75, 3.05) is 25.3 Å². The molecular weight excluding hydrogens is 374 g/mol. The molecule has 146 valence electrons. The van der Waals surface area contributed by atoms with E-state index in [0.29, 0.717) is 17.2 Å². The highest BCUT2D eigenvalue weighted by Crippen LogP contribution is 2.27. The Morgan fingerprint density at radius 3 is 2.50 bits per heavy atom. The van der Waals surface area contributed by atoms with Crippen LogP contribution in [0.1, 0.15) is 11.1 Å². The third kappa shape index (κ3) is 4.67. The number of hydrogen-bond donors (Lipinski definition) is 1. The highest BCUT2D eigenvalue weighted by molar-refractivity contribution is 7.99. The summed E-state index contributed by atoms with van der Waals surface area (Å²) in [5, 5.41) is 3.65. The van der Waals surface area contributed by atoms with Gasteiger partial charge >= 0.3 is 0 Å². The lowest BCUT2D eigenvalue weighted by atomic mass is 10.1. The molecule has 1 heterocycles. The van der Waals surface area contributed by atoms with E-state index in [1.54, 1.807) is 38.6 Å². The van der Waals surface area contributed by atoms with Crippen LogP contribution in [-0.4, -0.2) is 35.4 Å². The van der Waals surface area contributed by atoms with Gasteiger partial charge in [0.1, 0.15) is 11.5 Å². The molecule has 0 aliphatic carbocycles. The Balaban J connectivity index is 1.70. The highest BCUT2D eigenvalue weighted by Gasteiger charge is 2.12. The number of benzene rings is 2. The molecule has 1 N–H and O–H groups in total. The van der Waals surface area contributed by atoms with Gasteiger partial charge in [-0.2, -0.15) is 0 Å². The quantitative estimate of drug-likeness (QED) is 0.604. The molecule has 7 heteroatoms. The molecule has 3 rings (SSSR count). The minimum atomic E-state index is -0.129. The molecule has 0 aliphatic rings. The number of aryl methyl sites for hydroxylation is 2. The summed E-state index contributed by atoms with van der Waals surface area (Å²) in [6.45, 7) is 4.12. The van der Waals surface area contributed by atoms with E-state index in [9.17, 15) is 4.79 Å². The minimum absolute atomic E-state index is 0.129. The van der Waals surface area contributed by atoms with Crippen molar-refractivity contribution >= 4 is 23.4 Å². The van der Waals surface area contributed by atoms with Gasteiger partial charge in [0.2, 0.25) is 5.91 Å². The minimum Gasteiger partial charge on any atom is -0.497 e. The smallest absolute Gasteiger partial charge is 0.234 e. The van der Waals surface area contributed by atoms with Crippen molar-refractivity contribution in [3.8, 4) is 17.2 Å². The van der Waals surface area contributed by atoms with Crippen molar-refractivity contribution in [3.05, 3.63) is 59.9 Å². The van der Waals surface area contributed by atoms with Crippen molar-refractivity contribution < 1.29 is 14.3 Å². The van der Waals surface area contributed by atoms with Gasteiger partial charge < -0.3 is 14.8 Å². The molecule has 0 bridgehead atoms. The first-order chi connectivity index (χ1) is 13.5. The Kier molecular flexibility index (Phi) is 6.26. The monoisotopic (exact) mass is 397 g/mol. The summed E-state index contributed by atoms with van der Waals surface area (Å²) in [4.78, 5) is 16.8. The Hall–Kier alpha value is -2.93. The lowest BCUT2D eigenvalue weighted by Gasteiger charge is -2.12. The molecule has 0 saturated carbocycles. The van der Waals surface area contributed by atoms with Crippen molar-refractivity contribution in [1.82, 2.24) is 9.55 Å². The van der Waals surface area contributed by atoms with Gasteiger partial charge in [0.05, 0.1) is 25.7 Å². The molecule has 0 fully saturated rings. The van der Waals surface area contributed by atoms with Gasteiger partial charge in [-0.05, 0) is 31.0 Å². The predicted molar refractivity (Wildman–Crippen MR) is 112 cm³/mol. The molecule has 0 spiro atoms. The van der Waals surface area contributed by atoms with E-state index in [2.05, 4.69) is 42.3 Å². The molecule has 1 aromatic heterocycles. The van der Waals surface area contributed by atoms with E-state index in [4.69, 9.17) is 9.47 Å². The number of nitrogens with one attached hydrogen (secondary N) is 1. The fourth-order valence-corrected chi connectivity index (χ4v) is 3.53. The number of aromatic nitrogens is 2. The van der Waals surface area contributed by atoms with E-state index in [1.165, 1.54) is 17.3 Å². The topological polar surface area (TPSA) is 65.4 Å². The summed E-state index contributed by atoms with van der Waals surface area (Å²) >= 11 is 1.39. The van der Waals surface area contributed by atoms with Crippen LogP contribution in [0.5, 0.6) is 11.5 Å². The van der Waals surface area contributed by atoms with E-state index in [-0.39, 0.29) is 11.7 Å². The highest BCUT2D eigenvalue weighted by atomic mass is 32.2. The van der Waals surface area contributed by atoms with Crippen LogP contribution in [0.2, 0.25) is 0 Å². The third-order valence-corrected chi connectivity index (χ3v) is 5.17. The van der Waals surface area contributed by atoms with Crippen LogP contribution in [0.4, 0.5) is 5.69 Å². The number of imidazole rings is 1. The molecule has 0 aliphatic heterocycles. The zero-order chi connectivity index (χ0) is 20.1. The van der Waals surface area contributed by atoms with Crippen molar-refractivity contribution in [2.45, 2.75) is 19.0 Å². The first-order valence-electron chi connectivity index (χ1n) is 8.77. The summed E-state index contributed by atoms with van der Waals surface area (Å²) < 4.78 is 12.5. The zero-order valence-corrected chi connectivity index (χ0v) is 17.2. The zero-order valence-electron chi connectivity index (χ0n) is 16.4. The van der Waals surface area contributed by atoms with Gasteiger partial charge in [-0.3, -0.25) is 9.36 Å². The second-order valence-corrected chi connectivity index (χ2v) is 7.25. The van der Waals surface area contributed by atoms with E-state index >= 15 is 0 Å². The van der Waals surface area contributed by atoms with Crippen molar-refractivity contribution in [2.24, 2.45) is 0 Å². The summed E-state index contributed by atoms with van der Waals surface area (Å²) in [6.07, 6.45) is 3.66. The molecule has 0 unspecified atom stereocenters. The Bertz CT molecular complexity index is 963. The maximum Gasteiger partial charge on any atom is 0.234 e. The number of thioether (sulfide) groups is 1. The van der Waals surface area contributed by atoms with Crippen LogP contribution in [0.25, 0.3) is 5.69 Å². The van der Waals surface area contributed by atoms with Crippen LogP contribution in [0.3, 0.4) is 0 Å². The predicted octanol–water partition coefficient (Wildman–Crippen LogP) is 4.24. The first kappa shape index (κ1) is 19.8. The summed E-state index contributed by atoms with van der Waals surface area (Å²) in [7, 11) is 3.15. The van der Waals surface area contributed by atoms with Crippen LogP contribution in [-0.2, 0) is 4.79 Å². The molecule has 3 aromatic rings. The van der Waals surface area contributed by atoms with E-state index in [0.717, 1.165) is 16.4 Å². The number of carbonyl (C=O) groups is 1. The van der Waals surface area contributed by atoms with Crippen LogP contribution in [0, 0.1) is 13.8 Å². The Morgan fingerprint density at radius 2 is 1.82 bits per heavy atom. The van der Waals surface area contributed by atoms with E-state index < -0.39 is 0 Å². The Morgan fingerprint density at radius 1 is 1.11 bits per heavy atom. The second kappa shape index (κ2) is 8.84. The normalized spacial score (nSPS) is 10.6. The maximum atomic E-state index is 12.4. The number of methoxy groups -OCH3 is 2. The molecule has 6 nitrogen and oxygen atoms in total. The van der Waals surface area contributed by atoms with Crippen molar-refractivity contribution in [1.29, 1.82) is 0 Å². The SMILES string of the molecule is COc1cc(NC(=O)CSc2nccn2-c2cc(C)ccc2C)cc(OC)c1. The van der Waals surface area contributed by atoms with Crippen LogP contribution < -0.4 is 14.8 Å². The second-order valence-electron chi connectivity index (χ2n) is 6.31. The molecule has 0 radical (unpaired) electrons. The summed E-state index contributed by atoms with van der Waals surface area (Å²) in [6, 6.07) is 11.5. The molecule has 1 amide bonds. The number of anilines is 1. The average molecular weight is 398 g/mol. The van der Waals surface area contributed by atoms with Gasteiger partial charge in [-0.1, -0.05) is 23.9 Å². The van der Waals surface area contributed by atoms with Gasteiger partial charge in [0, 0.05) is 36.3 Å². The number of nitrogens with zero attached hydrogens (tertiary/aromatic N) is 2. The molecule has 0 saturated heterocycles. The lowest BCUT2D eigenvalue weighted by Crippen LogP contribution is -2.14. The van der Waals surface area contributed by atoms with Gasteiger partial charge in [0.25, 0.3) is 0 Å². The lowest BCUT2D eigenvalue weighted by molar-refractivity contribution is -0.113. The van der Waals surface area contributed by atoms with Gasteiger partial charge in [0.15, 0.2) is 5.16 Å². The number of rotatable bonds is 7. The first-order valence-corrected chi connectivity index (χ1v) is 9.75. The fourth-order valence-electron chi connectivity index (χ4n) is 2.77. The third-order valence-electron chi connectivity index (χ3n) is 4.20. The largest absolute Gasteiger partial charge is 0.497 e. The molecular formula is C21H23N3O3S. The molecule has 28 heavy (non-hydrogen) atoms. The van der Waals surface area contributed by atoms with Crippen LogP contribution in [0.15, 0.2) is 53.9 Å². The van der Waals surface area contributed by atoms with Crippen LogP contribution >= 0.6 is 11.8 Å². The van der Waals surface area contributed by atoms with Crippen molar-refractivity contribution in [3.63, 3.8) is 0 Å². The average Bonchev–Trinajstić information content (AvgIpc) is 3.16. The Labute approximate surface area is 168 Å². The summed E-state index contributed by atoms with van der Waals surface area (Å²) in [5.41, 5.74) is 4.02. The molecule has 2 aromatic carbocycles. The van der Waals surface area contributed by atoms with E-state index in [1.807, 2.05) is 10.8 Å². The number of amides is 1. The fraction of sp³-hybridized carbons (Fsp3) is 0.238. The number of carbonyl (C=O) groups excluding carboxylic acids is 1.